The minimum absolute atomic E-state index is 0.193. The Morgan fingerprint density at radius 3 is 2.21 bits per heavy atom. The first-order valence-corrected chi connectivity index (χ1v) is 20.1. The van der Waals surface area contributed by atoms with E-state index in [1.807, 2.05) is 45.1 Å². The fraction of sp³-hybridized carbons (Fsp3) is 0.417. The van der Waals surface area contributed by atoms with Crippen molar-refractivity contribution in [3.8, 4) is 0 Å². The van der Waals surface area contributed by atoms with E-state index in [9.17, 15) is 15.0 Å². The molecular weight excluding hydrogens is 697 g/mol. The lowest BCUT2D eigenvalue weighted by Crippen LogP contribution is -2.16. The molecule has 0 amide bonds. The number of ether oxygens (including phenoxy) is 1. The third-order valence-electron chi connectivity index (χ3n) is 11.5. The van der Waals surface area contributed by atoms with E-state index in [0.717, 1.165) is 127 Å². The summed E-state index contributed by atoms with van der Waals surface area (Å²) < 4.78 is 5.70. The Hall–Kier alpha value is -5.08. The first-order chi connectivity index (χ1) is 26.7. The molecule has 4 aliphatic heterocycles. The smallest absolute Gasteiger partial charge is 0.306 e. The average Bonchev–Trinajstić information content (AvgIpc) is 3.89. The number of carbonyl (C=O) groups excluding carboxylic acids is 1. The molecule has 1 aliphatic carbocycles. The lowest BCUT2D eigenvalue weighted by Gasteiger charge is -2.10. The van der Waals surface area contributed by atoms with Crippen LogP contribution in [0.4, 0.5) is 0 Å². The van der Waals surface area contributed by atoms with Crippen LogP contribution in [-0.4, -0.2) is 44.9 Å². The number of aromatic amines is 1. The summed E-state index contributed by atoms with van der Waals surface area (Å²) in [5.41, 5.74) is 17.0. The van der Waals surface area contributed by atoms with Crippen molar-refractivity contribution in [3.63, 3.8) is 0 Å². The fourth-order valence-electron chi connectivity index (χ4n) is 8.22. The van der Waals surface area contributed by atoms with E-state index in [-0.39, 0.29) is 24.8 Å². The number of rotatable bonds is 13. The third kappa shape index (κ3) is 8.36. The summed E-state index contributed by atoms with van der Waals surface area (Å²) in [5.74, 6) is 0.00672. The van der Waals surface area contributed by atoms with Crippen molar-refractivity contribution in [2.45, 2.75) is 127 Å². The molecule has 0 radical (unpaired) electrons. The van der Waals surface area contributed by atoms with Gasteiger partial charge in [-0.2, -0.15) is 0 Å². The van der Waals surface area contributed by atoms with Gasteiger partial charge in [-0.3, -0.25) is 4.79 Å². The monoisotopic (exact) mass is 754 g/mol. The number of fused-ring (bicyclic) bond motifs is 5. The molecule has 8 heteroatoms. The van der Waals surface area contributed by atoms with Gasteiger partial charge in [0.2, 0.25) is 0 Å². The molecule has 6 rings (SSSR count). The van der Waals surface area contributed by atoms with Crippen LogP contribution in [0.25, 0.3) is 12.2 Å². The standard InChI is InChI=1S/C48H58N4O4/c1-11-34-29(6)37-25-42-45(33(10)53)31(8)39(50-42)23-38-30(7)35(18-19-44(55)56-21-20-28(5)17-13-16-27(4)15-12-14-26(2)3)47(51-38)36-22-43(54)46-32(9)40(52-48(36)46)24-41(34)49-37/h14,16,20,23-25,33,50,53-54H,11-13,15,17-19,21-22H2,1-10H3/b27-16+,28-20+,39-23?,41-24?,42-25?,47-36?/t33-/m1/s1. The van der Waals surface area contributed by atoms with Crippen LogP contribution in [0.1, 0.15) is 131 Å². The number of hydrogen-bond donors (Lipinski definition) is 3. The highest BCUT2D eigenvalue weighted by atomic mass is 16.5. The minimum Gasteiger partial charge on any atom is -0.511 e. The Kier molecular flexibility index (Phi) is 12.3. The highest BCUT2D eigenvalue weighted by molar-refractivity contribution is 6.26. The summed E-state index contributed by atoms with van der Waals surface area (Å²) >= 11 is 0. The van der Waals surface area contributed by atoms with Gasteiger partial charge >= 0.3 is 5.97 Å². The van der Waals surface area contributed by atoms with E-state index < -0.39 is 6.10 Å². The first-order valence-electron chi connectivity index (χ1n) is 20.1. The maximum atomic E-state index is 13.2. The van der Waals surface area contributed by atoms with E-state index in [1.165, 1.54) is 16.7 Å². The zero-order chi connectivity index (χ0) is 40.4. The van der Waals surface area contributed by atoms with Crippen LogP contribution < -0.4 is 10.7 Å². The van der Waals surface area contributed by atoms with Gasteiger partial charge < -0.3 is 19.9 Å². The van der Waals surface area contributed by atoms with Crippen molar-refractivity contribution < 1.29 is 19.7 Å². The number of H-pyrrole nitrogens is 1. The first kappa shape index (κ1) is 40.6. The second-order valence-electron chi connectivity index (χ2n) is 16.0. The van der Waals surface area contributed by atoms with Crippen molar-refractivity contribution in [2.75, 3.05) is 6.61 Å². The number of allylic oxidation sites excluding steroid dienone is 13. The van der Waals surface area contributed by atoms with Gasteiger partial charge in [-0.25, -0.2) is 15.0 Å². The van der Waals surface area contributed by atoms with Gasteiger partial charge in [0.15, 0.2) is 0 Å². The highest BCUT2D eigenvalue weighted by Crippen LogP contribution is 2.44. The highest BCUT2D eigenvalue weighted by Gasteiger charge is 2.37. The van der Waals surface area contributed by atoms with Gasteiger partial charge in [-0.15, -0.1) is 0 Å². The molecule has 8 nitrogen and oxygen atoms in total. The van der Waals surface area contributed by atoms with E-state index in [1.54, 1.807) is 6.92 Å². The van der Waals surface area contributed by atoms with Gasteiger partial charge in [0, 0.05) is 40.2 Å². The summed E-state index contributed by atoms with van der Waals surface area (Å²) in [6.07, 6.45) is 17.7. The lowest BCUT2D eigenvalue weighted by molar-refractivity contribution is -0.142. The summed E-state index contributed by atoms with van der Waals surface area (Å²) in [4.78, 5) is 32.2. The number of aromatic nitrogens is 1. The number of nitrogens with one attached hydrogen (secondary N) is 1. The molecule has 1 atom stereocenters. The van der Waals surface area contributed by atoms with Crippen LogP contribution in [0.15, 0.2) is 118 Å². The van der Waals surface area contributed by atoms with Gasteiger partial charge in [0.05, 0.1) is 40.3 Å². The molecule has 5 heterocycles. The predicted octanol–water partition coefficient (Wildman–Crippen LogP) is 9.73. The molecule has 0 saturated heterocycles. The topological polar surface area (TPSA) is 120 Å². The van der Waals surface area contributed by atoms with Crippen molar-refractivity contribution in [3.05, 3.63) is 125 Å². The summed E-state index contributed by atoms with van der Waals surface area (Å²) in [7, 11) is 0. The maximum absolute atomic E-state index is 13.2. The predicted molar refractivity (Wildman–Crippen MR) is 230 cm³/mol. The molecule has 0 spiro atoms. The Morgan fingerprint density at radius 1 is 0.857 bits per heavy atom. The van der Waals surface area contributed by atoms with Gasteiger partial charge in [-0.1, -0.05) is 35.8 Å². The molecule has 294 valence electrons. The third-order valence-corrected chi connectivity index (χ3v) is 11.5. The largest absolute Gasteiger partial charge is 0.511 e. The Balaban J connectivity index is 1.30. The maximum Gasteiger partial charge on any atom is 0.306 e. The normalized spacial score (nSPS) is 18.7. The average molecular weight is 755 g/mol. The molecule has 5 aliphatic rings. The number of aliphatic hydroxyl groups is 2. The van der Waals surface area contributed by atoms with Gasteiger partial charge in [0.25, 0.3) is 0 Å². The number of esters is 1. The van der Waals surface area contributed by atoms with Crippen molar-refractivity contribution in [1.29, 1.82) is 0 Å². The van der Waals surface area contributed by atoms with Crippen LogP contribution in [0.5, 0.6) is 0 Å². The number of hydrogen-bond acceptors (Lipinski definition) is 7. The van der Waals surface area contributed by atoms with Crippen molar-refractivity contribution in [2.24, 2.45) is 15.0 Å². The second kappa shape index (κ2) is 17.0. The second-order valence-corrected chi connectivity index (χ2v) is 16.0. The number of aliphatic imine (C=N–C) groups is 3. The van der Waals surface area contributed by atoms with Gasteiger partial charge in [0.1, 0.15) is 12.4 Å². The van der Waals surface area contributed by atoms with Crippen LogP contribution in [0.3, 0.4) is 0 Å². The van der Waals surface area contributed by atoms with Crippen LogP contribution >= 0.6 is 0 Å². The minimum atomic E-state index is -0.706. The zero-order valence-corrected chi connectivity index (χ0v) is 35.0. The fourth-order valence-corrected chi connectivity index (χ4v) is 8.22. The molecule has 0 aromatic carbocycles. The zero-order valence-electron chi connectivity index (χ0n) is 35.0. The van der Waals surface area contributed by atoms with Crippen LogP contribution in [-0.2, 0) is 9.53 Å². The molecule has 0 saturated carbocycles. The van der Waals surface area contributed by atoms with E-state index in [2.05, 4.69) is 58.7 Å². The summed E-state index contributed by atoms with van der Waals surface area (Å²) in [6, 6.07) is 0. The molecular formula is C48H58N4O4. The van der Waals surface area contributed by atoms with E-state index >= 15 is 0 Å². The Bertz CT molecular complexity index is 2380. The SMILES string of the molecule is CCC1=C(C)C2=NC1=CC1=C(C)C3=C(O)CC(=C4N=C(C=c5[nH]c(c([C@@H](C)O)c5C)=C2)C(C)=C4CCC(=O)OC/C=C(\C)CC/C=C(\C)CCC=C(C)C)C3=N1. The van der Waals surface area contributed by atoms with Crippen molar-refractivity contribution >= 4 is 35.3 Å². The molecule has 3 N–H and O–H groups in total. The van der Waals surface area contributed by atoms with E-state index in [0.29, 0.717) is 12.8 Å². The number of carbonyl (C=O) groups is 1. The van der Waals surface area contributed by atoms with Crippen LogP contribution in [0, 0.1) is 6.92 Å². The summed E-state index contributed by atoms with van der Waals surface area (Å²) in [6.45, 7) is 20.8. The number of aliphatic hydroxyl groups excluding tert-OH is 2. The molecule has 0 unspecified atom stereocenters. The Morgan fingerprint density at radius 2 is 1.52 bits per heavy atom. The molecule has 56 heavy (non-hydrogen) atoms. The van der Waals surface area contributed by atoms with Crippen molar-refractivity contribution in [1.82, 2.24) is 4.98 Å². The van der Waals surface area contributed by atoms with Gasteiger partial charge in [-0.05, 0) is 159 Å². The quantitative estimate of drug-likeness (QED) is 0.137. The molecule has 0 fully saturated rings. The molecule has 8 bridgehead atoms. The molecule has 1 aromatic heterocycles. The van der Waals surface area contributed by atoms with E-state index in [4.69, 9.17) is 19.7 Å². The number of nitrogens with zero attached hydrogens (tertiary/aromatic N) is 3. The molecule has 1 aromatic rings. The lowest BCUT2D eigenvalue weighted by atomic mass is 9.96. The van der Waals surface area contributed by atoms with Crippen LogP contribution in [0.2, 0.25) is 0 Å². The Labute approximate surface area is 332 Å². The summed E-state index contributed by atoms with van der Waals surface area (Å²) in [5, 5.41) is 24.0.